The zero-order valence-corrected chi connectivity index (χ0v) is 12.3. The molecule has 1 aliphatic rings. The van der Waals surface area contributed by atoms with E-state index in [-0.39, 0.29) is 11.3 Å². The van der Waals surface area contributed by atoms with E-state index in [9.17, 15) is 4.79 Å². The molecule has 1 atom stereocenters. The van der Waals surface area contributed by atoms with Gasteiger partial charge < -0.3 is 11.1 Å². The molecule has 1 aliphatic heterocycles. The summed E-state index contributed by atoms with van der Waals surface area (Å²) in [6.45, 7) is 12.0. The van der Waals surface area contributed by atoms with E-state index in [1.807, 2.05) is 0 Å². The van der Waals surface area contributed by atoms with E-state index in [0.717, 1.165) is 32.5 Å². The fraction of sp³-hybridized carbons (Fsp3) is 0.929. The SMILES string of the molecule is CC(CNC(=O)CN1CCC(N)CC1)C(C)(C)C. The van der Waals surface area contributed by atoms with Gasteiger partial charge in [0.25, 0.3) is 0 Å². The highest BCUT2D eigenvalue weighted by Crippen LogP contribution is 2.24. The second-order valence-electron chi connectivity index (χ2n) is 6.68. The Hall–Kier alpha value is -0.610. The molecule has 1 amide bonds. The molecular formula is C14H29N3O. The minimum absolute atomic E-state index is 0.140. The van der Waals surface area contributed by atoms with Gasteiger partial charge in [-0.2, -0.15) is 0 Å². The summed E-state index contributed by atoms with van der Waals surface area (Å²) in [5.74, 6) is 0.623. The van der Waals surface area contributed by atoms with Gasteiger partial charge in [0.05, 0.1) is 6.54 Å². The average molecular weight is 255 g/mol. The number of nitrogens with one attached hydrogen (secondary N) is 1. The van der Waals surface area contributed by atoms with Gasteiger partial charge in [-0.3, -0.25) is 9.69 Å². The quantitative estimate of drug-likeness (QED) is 0.794. The minimum atomic E-state index is 0.140. The van der Waals surface area contributed by atoms with Gasteiger partial charge in [0.15, 0.2) is 0 Å². The standard InChI is InChI=1S/C14H29N3O/c1-11(14(2,3)4)9-16-13(18)10-17-7-5-12(15)6-8-17/h11-12H,5-10,15H2,1-4H3,(H,16,18). The summed E-state index contributed by atoms with van der Waals surface area (Å²) < 4.78 is 0. The minimum Gasteiger partial charge on any atom is -0.355 e. The molecule has 1 rings (SSSR count). The lowest BCUT2D eigenvalue weighted by Gasteiger charge is -2.30. The third-order valence-corrected chi connectivity index (χ3v) is 4.08. The van der Waals surface area contributed by atoms with Gasteiger partial charge in [-0.25, -0.2) is 0 Å². The van der Waals surface area contributed by atoms with Crippen LogP contribution in [0.25, 0.3) is 0 Å². The van der Waals surface area contributed by atoms with Crippen LogP contribution in [0.1, 0.15) is 40.5 Å². The molecule has 0 saturated carbocycles. The van der Waals surface area contributed by atoms with E-state index in [2.05, 4.69) is 37.9 Å². The summed E-state index contributed by atoms with van der Waals surface area (Å²) in [7, 11) is 0. The number of nitrogens with two attached hydrogens (primary N) is 1. The van der Waals surface area contributed by atoms with Crippen molar-refractivity contribution in [3.8, 4) is 0 Å². The Kier molecular flexibility index (Phi) is 5.60. The number of piperidine rings is 1. The Morgan fingerprint density at radius 3 is 2.44 bits per heavy atom. The molecule has 1 unspecified atom stereocenters. The lowest BCUT2D eigenvalue weighted by molar-refractivity contribution is -0.122. The normalized spacial score (nSPS) is 20.7. The van der Waals surface area contributed by atoms with Crippen molar-refractivity contribution in [1.29, 1.82) is 0 Å². The molecule has 0 spiro atoms. The molecule has 0 aliphatic carbocycles. The summed E-state index contributed by atoms with van der Waals surface area (Å²) in [5.41, 5.74) is 6.09. The first-order valence-corrected chi connectivity index (χ1v) is 7.03. The first kappa shape index (κ1) is 15.4. The van der Waals surface area contributed by atoms with Crippen LogP contribution in [0.15, 0.2) is 0 Å². The van der Waals surface area contributed by atoms with E-state index in [4.69, 9.17) is 5.73 Å². The fourth-order valence-corrected chi connectivity index (χ4v) is 1.94. The van der Waals surface area contributed by atoms with Crippen LogP contribution in [0.5, 0.6) is 0 Å². The molecule has 106 valence electrons. The van der Waals surface area contributed by atoms with Gasteiger partial charge in [-0.1, -0.05) is 27.7 Å². The fourth-order valence-electron chi connectivity index (χ4n) is 1.94. The summed E-state index contributed by atoms with van der Waals surface area (Å²) in [6.07, 6.45) is 2.01. The number of nitrogens with zero attached hydrogens (tertiary/aromatic N) is 1. The average Bonchev–Trinajstić information content (AvgIpc) is 2.28. The molecule has 3 N–H and O–H groups in total. The zero-order chi connectivity index (χ0) is 13.8. The lowest BCUT2D eigenvalue weighted by Crippen LogP contribution is -2.45. The predicted molar refractivity (Wildman–Crippen MR) is 75.3 cm³/mol. The summed E-state index contributed by atoms with van der Waals surface area (Å²) in [6, 6.07) is 0.324. The number of rotatable bonds is 4. The second kappa shape index (κ2) is 6.53. The van der Waals surface area contributed by atoms with Crippen molar-refractivity contribution in [2.75, 3.05) is 26.2 Å². The molecule has 1 fully saturated rings. The van der Waals surface area contributed by atoms with Crippen LogP contribution < -0.4 is 11.1 Å². The Morgan fingerprint density at radius 2 is 1.94 bits per heavy atom. The van der Waals surface area contributed by atoms with Crippen LogP contribution in [0, 0.1) is 11.3 Å². The zero-order valence-electron chi connectivity index (χ0n) is 12.3. The molecule has 18 heavy (non-hydrogen) atoms. The van der Waals surface area contributed by atoms with Crippen molar-refractivity contribution < 1.29 is 4.79 Å². The maximum atomic E-state index is 11.8. The van der Waals surface area contributed by atoms with E-state index in [1.54, 1.807) is 0 Å². The first-order chi connectivity index (χ1) is 8.29. The molecule has 0 bridgehead atoms. The number of carbonyl (C=O) groups is 1. The highest BCUT2D eigenvalue weighted by Gasteiger charge is 2.21. The number of hydrogen-bond donors (Lipinski definition) is 2. The number of amides is 1. The highest BCUT2D eigenvalue weighted by atomic mass is 16.2. The maximum absolute atomic E-state index is 11.8. The summed E-state index contributed by atoms with van der Waals surface area (Å²) in [5, 5.41) is 3.04. The molecule has 0 radical (unpaired) electrons. The Labute approximate surface area is 111 Å². The van der Waals surface area contributed by atoms with Gasteiger partial charge >= 0.3 is 0 Å². The number of hydrogen-bond acceptors (Lipinski definition) is 3. The predicted octanol–water partition coefficient (Wildman–Crippen LogP) is 1.21. The largest absolute Gasteiger partial charge is 0.355 e. The van der Waals surface area contributed by atoms with Crippen molar-refractivity contribution in [3.63, 3.8) is 0 Å². The monoisotopic (exact) mass is 255 g/mol. The molecular weight excluding hydrogens is 226 g/mol. The molecule has 4 nitrogen and oxygen atoms in total. The summed E-state index contributed by atoms with van der Waals surface area (Å²) >= 11 is 0. The van der Waals surface area contributed by atoms with Crippen molar-refractivity contribution in [3.05, 3.63) is 0 Å². The smallest absolute Gasteiger partial charge is 0.234 e. The third kappa shape index (κ3) is 5.36. The van der Waals surface area contributed by atoms with Crippen LogP contribution in [-0.2, 0) is 4.79 Å². The highest BCUT2D eigenvalue weighted by molar-refractivity contribution is 5.78. The molecule has 4 heteroatoms. The van der Waals surface area contributed by atoms with Crippen molar-refractivity contribution in [2.45, 2.75) is 46.6 Å². The van der Waals surface area contributed by atoms with Gasteiger partial charge in [-0.05, 0) is 24.2 Å². The van der Waals surface area contributed by atoms with Crippen molar-refractivity contribution >= 4 is 5.91 Å². The maximum Gasteiger partial charge on any atom is 0.234 e. The second-order valence-corrected chi connectivity index (χ2v) is 6.68. The van der Waals surface area contributed by atoms with Crippen molar-refractivity contribution in [2.24, 2.45) is 17.1 Å². The molecule has 1 heterocycles. The molecule has 0 aromatic rings. The number of carbonyl (C=O) groups excluding carboxylic acids is 1. The Balaban J connectivity index is 2.22. The van der Waals surface area contributed by atoms with Crippen LogP contribution in [-0.4, -0.2) is 43.0 Å². The van der Waals surface area contributed by atoms with E-state index in [0.29, 0.717) is 18.5 Å². The van der Waals surface area contributed by atoms with Gasteiger partial charge in [-0.15, -0.1) is 0 Å². The van der Waals surface area contributed by atoms with Crippen molar-refractivity contribution in [1.82, 2.24) is 10.2 Å². The van der Waals surface area contributed by atoms with E-state index < -0.39 is 0 Å². The lowest BCUT2D eigenvalue weighted by atomic mass is 9.82. The summed E-state index contributed by atoms with van der Waals surface area (Å²) in [4.78, 5) is 14.0. The van der Waals surface area contributed by atoms with Crippen LogP contribution in [0.2, 0.25) is 0 Å². The first-order valence-electron chi connectivity index (χ1n) is 7.03. The van der Waals surface area contributed by atoms with E-state index in [1.165, 1.54) is 0 Å². The Morgan fingerprint density at radius 1 is 1.39 bits per heavy atom. The van der Waals surface area contributed by atoms with Crippen LogP contribution in [0.4, 0.5) is 0 Å². The molecule has 1 saturated heterocycles. The number of likely N-dealkylation sites (tertiary alicyclic amines) is 1. The van der Waals surface area contributed by atoms with Gasteiger partial charge in [0, 0.05) is 25.7 Å². The van der Waals surface area contributed by atoms with Gasteiger partial charge in [0.1, 0.15) is 0 Å². The van der Waals surface area contributed by atoms with Crippen LogP contribution in [0.3, 0.4) is 0 Å². The molecule has 0 aromatic carbocycles. The Bertz CT molecular complexity index is 265. The van der Waals surface area contributed by atoms with Crippen LogP contribution >= 0.6 is 0 Å². The topological polar surface area (TPSA) is 58.4 Å². The molecule has 0 aromatic heterocycles. The van der Waals surface area contributed by atoms with Gasteiger partial charge in [0.2, 0.25) is 5.91 Å². The van der Waals surface area contributed by atoms with E-state index >= 15 is 0 Å². The third-order valence-electron chi connectivity index (χ3n) is 4.08.